The number of fused-ring (bicyclic) bond motifs is 1. The van der Waals surface area contributed by atoms with Gasteiger partial charge in [0, 0.05) is 11.1 Å². The van der Waals surface area contributed by atoms with E-state index < -0.39 is 5.60 Å². The summed E-state index contributed by atoms with van der Waals surface area (Å²) in [6, 6.07) is 12.2. The van der Waals surface area contributed by atoms with Crippen LogP contribution in [0.5, 0.6) is 5.75 Å². The second kappa shape index (κ2) is 4.78. The first-order valence-corrected chi connectivity index (χ1v) is 6.84. The van der Waals surface area contributed by atoms with Crippen LogP contribution in [0.25, 0.3) is 5.57 Å². The Morgan fingerprint density at radius 2 is 2.05 bits per heavy atom. The molecule has 0 atom stereocenters. The van der Waals surface area contributed by atoms with Crippen LogP contribution in [0.4, 0.5) is 0 Å². The number of hydrogen-bond donors (Lipinski definition) is 2. The predicted molar refractivity (Wildman–Crippen MR) is 80.4 cm³/mol. The zero-order valence-electron chi connectivity index (χ0n) is 12.3. The van der Waals surface area contributed by atoms with Crippen LogP contribution in [0.2, 0.25) is 0 Å². The summed E-state index contributed by atoms with van der Waals surface area (Å²) >= 11 is 0. The Balaban J connectivity index is 2.30. The molecule has 0 saturated carbocycles. The lowest BCUT2D eigenvalue weighted by Crippen LogP contribution is -2.30. The number of rotatable bonds is 1. The van der Waals surface area contributed by atoms with Crippen molar-refractivity contribution in [1.29, 1.82) is 10.7 Å². The molecule has 0 amide bonds. The van der Waals surface area contributed by atoms with Crippen molar-refractivity contribution >= 4 is 5.57 Å². The summed E-state index contributed by atoms with van der Waals surface area (Å²) in [6.45, 7) is 3.83. The van der Waals surface area contributed by atoms with Gasteiger partial charge in [0.2, 0.25) is 0 Å². The summed E-state index contributed by atoms with van der Waals surface area (Å²) < 4.78 is 6.75. The molecule has 22 heavy (non-hydrogen) atoms. The molecule has 0 spiro atoms. The third kappa shape index (κ3) is 2.25. The van der Waals surface area contributed by atoms with Gasteiger partial charge in [-0.2, -0.15) is 9.99 Å². The van der Waals surface area contributed by atoms with Crippen LogP contribution in [0.1, 0.15) is 30.7 Å². The lowest BCUT2D eigenvalue weighted by atomic mass is 9.91. The molecular weight excluding hydrogens is 278 g/mol. The normalized spacial score (nSPS) is 15.2. The van der Waals surface area contributed by atoms with E-state index in [4.69, 9.17) is 15.4 Å². The Kier molecular flexibility index (Phi) is 3.03. The SMILES string of the molecule is CC1(C)C=C(c2cccc(=N)n2O)c2cc(C#N)ccc2O1. The van der Waals surface area contributed by atoms with Crippen molar-refractivity contribution in [2.24, 2.45) is 0 Å². The summed E-state index contributed by atoms with van der Waals surface area (Å²) in [6.07, 6.45) is 1.89. The van der Waals surface area contributed by atoms with Crippen LogP contribution in [-0.4, -0.2) is 15.5 Å². The van der Waals surface area contributed by atoms with Gasteiger partial charge in [0.05, 0.1) is 17.3 Å². The molecule has 2 N–H and O–H groups in total. The van der Waals surface area contributed by atoms with Gasteiger partial charge < -0.3 is 9.94 Å². The number of nitrogens with one attached hydrogen (secondary N) is 1. The first kappa shape index (κ1) is 14.0. The van der Waals surface area contributed by atoms with Crippen molar-refractivity contribution in [2.45, 2.75) is 19.4 Å². The largest absolute Gasteiger partial charge is 0.483 e. The molecule has 110 valence electrons. The summed E-state index contributed by atoms with van der Waals surface area (Å²) in [7, 11) is 0. The molecule has 5 nitrogen and oxygen atoms in total. The first-order chi connectivity index (χ1) is 10.4. The monoisotopic (exact) mass is 293 g/mol. The highest BCUT2D eigenvalue weighted by Crippen LogP contribution is 2.39. The maximum absolute atomic E-state index is 10.2. The third-order valence-corrected chi connectivity index (χ3v) is 3.50. The minimum Gasteiger partial charge on any atom is -0.483 e. The standard InChI is InChI=1S/C17H15N3O2/c1-17(2)9-13(14-4-3-5-16(19)20(14)21)12-8-11(10-18)6-7-15(12)22-17/h3-9,19,21H,1-2H3. The molecule has 3 rings (SSSR count). The number of nitrogens with zero attached hydrogens (tertiary/aromatic N) is 2. The summed E-state index contributed by atoms with van der Waals surface area (Å²) in [5.41, 5.74) is 1.90. The van der Waals surface area contributed by atoms with E-state index in [1.54, 1.807) is 30.3 Å². The fourth-order valence-electron chi connectivity index (χ4n) is 2.55. The van der Waals surface area contributed by atoms with Gasteiger partial charge in [0.1, 0.15) is 11.4 Å². The molecule has 1 aromatic carbocycles. The third-order valence-electron chi connectivity index (χ3n) is 3.50. The van der Waals surface area contributed by atoms with E-state index in [-0.39, 0.29) is 5.49 Å². The van der Waals surface area contributed by atoms with Gasteiger partial charge in [-0.3, -0.25) is 5.41 Å². The molecule has 2 heterocycles. The number of hydrogen-bond acceptors (Lipinski definition) is 4. The smallest absolute Gasteiger partial charge is 0.161 e. The van der Waals surface area contributed by atoms with Gasteiger partial charge in [0.25, 0.3) is 0 Å². The van der Waals surface area contributed by atoms with Crippen molar-refractivity contribution in [3.63, 3.8) is 0 Å². The predicted octanol–water partition coefficient (Wildman–Crippen LogP) is 2.68. The van der Waals surface area contributed by atoms with E-state index in [1.807, 2.05) is 19.9 Å². The molecule has 1 aromatic heterocycles. The molecule has 0 fully saturated rings. The van der Waals surface area contributed by atoms with Gasteiger partial charge in [0.15, 0.2) is 5.49 Å². The fourth-order valence-corrected chi connectivity index (χ4v) is 2.55. The highest BCUT2D eigenvalue weighted by atomic mass is 16.5. The first-order valence-electron chi connectivity index (χ1n) is 6.84. The Bertz CT molecular complexity index is 886. The average Bonchev–Trinajstić information content (AvgIpc) is 2.48. The average molecular weight is 293 g/mol. The number of nitriles is 1. The van der Waals surface area contributed by atoms with Crippen molar-refractivity contribution in [3.8, 4) is 11.8 Å². The zero-order valence-corrected chi connectivity index (χ0v) is 12.3. The van der Waals surface area contributed by atoms with Crippen LogP contribution in [0.3, 0.4) is 0 Å². The van der Waals surface area contributed by atoms with E-state index in [0.717, 1.165) is 15.9 Å². The quantitative estimate of drug-likeness (QED) is 0.793. The van der Waals surface area contributed by atoms with E-state index in [2.05, 4.69) is 6.07 Å². The van der Waals surface area contributed by atoms with E-state index in [0.29, 0.717) is 17.0 Å². The van der Waals surface area contributed by atoms with Crippen molar-refractivity contribution in [1.82, 2.24) is 4.73 Å². The summed E-state index contributed by atoms with van der Waals surface area (Å²) in [4.78, 5) is 0. The van der Waals surface area contributed by atoms with Crippen LogP contribution in [0.15, 0.2) is 42.5 Å². The molecule has 0 saturated heterocycles. The molecule has 5 heteroatoms. The lowest BCUT2D eigenvalue weighted by Gasteiger charge is -2.31. The summed E-state index contributed by atoms with van der Waals surface area (Å²) in [5, 5.41) is 27.0. The van der Waals surface area contributed by atoms with Crippen molar-refractivity contribution in [2.75, 3.05) is 0 Å². The minimum atomic E-state index is -0.554. The lowest BCUT2D eigenvalue weighted by molar-refractivity contribution is 0.155. The van der Waals surface area contributed by atoms with Gasteiger partial charge in [-0.15, -0.1) is 0 Å². The number of pyridine rings is 1. The number of aromatic nitrogens is 1. The van der Waals surface area contributed by atoms with Crippen LogP contribution < -0.4 is 10.2 Å². The Hall–Kier alpha value is -3.00. The van der Waals surface area contributed by atoms with E-state index >= 15 is 0 Å². The molecule has 1 aliphatic rings. The maximum Gasteiger partial charge on any atom is 0.161 e. The minimum absolute atomic E-state index is 0.0133. The van der Waals surface area contributed by atoms with Crippen LogP contribution >= 0.6 is 0 Å². The molecule has 0 radical (unpaired) electrons. The summed E-state index contributed by atoms with van der Waals surface area (Å²) in [5.74, 6) is 0.650. The Labute approximate surface area is 127 Å². The van der Waals surface area contributed by atoms with Gasteiger partial charge in [-0.25, -0.2) is 0 Å². The molecule has 0 unspecified atom stereocenters. The second-order valence-electron chi connectivity index (χ2n) is 5.69. The van der Waals surface area contributed by atoms with Crippen molar-refractivity contribution in [3.05, 3.63) is 64.8 Å². The van der Waals surface area contributed by atoms with Crippen LogP contribution in [0, 0.1) is 16.7 Å². The molecule has 0 bridgehead atoms. The molecule has 1 aliphatic heterocycles. The Morgan fingerprint density at radius 1 is 1.27 bits per heavy atom. The van der Waals surface area contributed by atoms with Gasteiger partial charge in [-0.1, -0.05) is 6.07 Å². The zero-order chi connectivity index (χ0) is 15.9. The van der Waals surface area contributed by atoms with Gasteiger partial charge in [-0.05, 0) is 50.3 Å². The number of ether oxygens (including phenoxy) is 1. The fraction of sp³-hybridized carbons (Fsp3) is 0.176. The molecular formula is C17H15N3O2. The van der Waals surface area contributed by atoms with E-state index in [9.17, 15) is 5.21 Å². The van der Waals surface area contributed by atoms with Crippen molar-refractivity contribution < 1.29 is 9.94 Å². The number of benzene rings is 1. The highest BCUT2D eigenvalue weighted by Gasteiger charge is 2.28. The Morgan fingerprint density at radius 3 is 2.77 bits per heavy atom. The maximum atomic E-state index is 10.2. The second-order valence-corrected chi connectivity index (χ2v) is 5.69. The molecule has 2 aromatic rings. The van der Waals surface area contributed by atoms with E-state index in [1.165, 1.54) is 6.07 Å². The highest BCUT2D eigenvalue weighted by molar-refractivity contribution is 5.83. The van der Waals surface area contributed by atoms with Crippen LogP contribution in [-0.2, 0) is 0 Å². The molecule has 0 aliphatic carbocycles. The topological polar surface area (TPSA) is 82.0 Å². The van der Waals surface area contributed by atoms with Gasteiger partial charge >= 0.3 is 0 Å².